The normalized spacial score (nSPS) is 10.6. The van der Waals surface area contributed by atoms with E-state index in [1.165, 1.54) is 12.1 Å². The van der Waals surface area contributed by atoms with Crippen molar-refractivity contribution in [2.45, 2.75) is 20.0 Å². The second kappa shape index (κ2) is 5.14. The molecule has 4 heteroatoms. The molecule has 0 radical (unpaired) electrons. The third-order valence-electron chi connectivity index (χ3n) is 2.88. The van der Waals surface area contributed by atoms with Crippen LogP contribution in [-0.4, -0.2) is 4.57 Å². The molecule has 0 saturated carbocycles. The third-order valence-corrected chi connectivity index (χ3v) is 2.88. The minimum absolute atomic E-state index is 0.0952. The molecule has 0 amide bonds. The first-order chi connectivity index (χ1) is 8.60. The SMILES string of the molecule is Cc1ccn(Cc2cc(F)ccc2CN)c(=O)c1. The number of hydrogen-bond donors (Lipinski definition) is 1. The molecule has 0 aliphatic rings. The van der Waals surface area contributed by atoms with Crippen molar-refractivity contribution in [2.24, 2.45) is 5.73 Å². The summed E-state index contributed by atoms with van der Waals surface area (Å²) in [4.78, 5) is 11.8. The predicted molar refractivity (Wildman–Crippen MR) is 68.8 cm³/mol. The molecule has 0 atom stereocenters. The molecule has 1 aromatic carbocycles. The van der Waals surface area contributed by atoms with Crippen LogP contribution < -0.4 is 11.3 Å². The zero-order valence-corrected chi connectivity index (χ0v) is 10.2. The van der Waals surface area contributed by atoms with Gasteiger partial charge in [0, 0.05) is 18.8 Å². The number of nitrogens with two attached hydrogens (primary N) is 1. The van der Waals surface area contributed by atoms with Gasteiger partial charge in [0.1, 0.15) is 5.82 Å². The fraction of sp³-hybridized carbons (Fsp3) is 0.214. The fourth-order valence-electron chi connectivity index (χ4n) is 1.86. The van der Waals surface area contributed by atoms with Crippen molar-refractivity contribution < 1.29 is 4.39 Å². The molecule has 94 valence electrons. The molecule has 2 aromatic rings. The number of aryl methyl sites for hydroxylation is 1. The van der Waals surface area contributed by atoms with E-state index in [9.17, 15) is 9.18 Å². The molecule has 0 unspecified atom stereocenters. The Hall–Kier alpha value is -1.94. The van der Waals surface area contributed by atoms with Crippen molar-refractivity contribution in [3.05, 3.63) is 69.4 Å². The summed E-state index contributed by atoms with van der Waals surface area (Å²) in [5.74, 6) is -0.317. The van der Waals surface area contributed by atoms with Crippen molar-refractivity contribution in [3.8, 4) is 0 Å². The quantitative estimate of drug-likeness (QED) is 0.897. The Morgan fingerprint density at radius 1 is 1.22 bits per heavy atom. The highest BCUT2D eigenvalue weighted by atomic mass is 19.1. The Morgan fingerprint density at radius 2 is 2.00 bits per heavy atom. The highest BCUT2D eigenvalue weighted by molar-refractivity contribution is 5.28. The second-order valence-electron chi connectivity index (χ2n) is 4.29. The average molecular weight is 246 g/mol. The lowest BCUT2D eigenvalue weighted by molar-refractivity contribution is 0.621. The lowest BCUT2D eigenvalue weighted by atomic mass is 10.1. The van der Waals surface area contributed by atoms with Gasteiger partial charge >= 0.3 is 0 Å². The number of hydrogen-bond acceptors (Lipinski definition) is 2. The van der Waals surface area contributed by atoms with Crippen molar-refractivity contribution >= 4 is 0 Å². The molecule has 0 aliphatic heterocycles. The van der Waals surface area contributed by atoms with Gasteiger partial charge in [-0.1, -0.05) is 6.07 Å². The van der Waals surface area contributed by atoms with Gasteiger partial charge in [-0.2, -0.15) is 0 Å². The number of halogens is 1. The molecule has 0 fully saturated rings. The van der Waals surface area contributed by atoms with E-state index in [-0.39, 0.29) is 11.4 Å². The Labute approximate surface area is 105 Å². The summed E-state index contributed by atoms with van der Waals surface area (Å²) in [7, 11) is 0. The standard InChI is InChI=1S/C14H15FN2O/c1-10-4-5-17(14(18)6-10)9-12-7-13(15)3-2-11(12)8-16/h2-7H,8-9,16H2,1H3. The molecule has 18 heavy (non-hydrogen) atoms. The van der Waals surface area contributed by atoms with E-state index >= 15 is 0 Å². The van der Waals surface area contributed by atoms with Gasteiger partial charge in [-0.05, 0) is 41.8 Å². The van der Waals surface area contributed by atoms with Crippen LogP contribution in [0.15, 0.2) is 41.3 Å². The van der Waals surface area contributed by atoms with Crippen LogP contribution in [-0.2, 0) is 13.1 Å². The number of nitrogens with zero attached hydrogens (tertiary/aromatic N) is 1. The third kappa shape index (κ3) is 2.65. The number of rotatable bonds is 3. The van der Waals surface area contributed by atoms with E-state index in [0.717, 1.165) is 16.7 Å². The van der Waals surface area contributed by atoms with E-state index in [4.69, 9.17) is 5.73 Å². The Kier molecular flexibility index (Phi) is 3.58. The van der Waals surface area contributed by atoms with Crippen molar-refractivity contribution in [1.29, 1.82) is 0 Å². The average Bonchev–Trinajstić information content (AvgIpc) is 2.33. The van der Waals surface area contributed by atoms with Crippen LogP contribution in [0, 0.1) is 12.7 Å². The minimum atomic E-state index is -0.317. The molecule has 1 aromatic heterocycles. The maximum Gasteiger partial charge on any atom is 0.251 e. The van der Waals surface area contributed by atoms with Gasteiger partial charge < -0.3 is 10.3 Å². The van der Waals surface area contributed by atoms with Crippen LogP contribution in [0.4, 0.5) is 4.39 Å². The minimum Gasteiger partial charge on any atom is -0.326 e. The molecule has 1 heterocycles. The molecule has 0 bridgehead atoms. The van der Waals surface area contributed by atoms with Crippen LogP contribution in [0.2, 0.25) is 0 Å². The molecule has 3 nitrogen and oxygen atoms in total. The van der Waals surface area contributed by atoms with Gasteiger partial charge in [0.05, 0.1) is 6.54 Å². The smallest absolute Gasteiger partial charge is 0.251 e. The van der Waals surface area contributed by atoms with Gasteiger partial charge in [0.2, 0.25) is 0 Å². The summed E-state index contributed by atoms with van der Waals surface area (Å²) in [6, 6.07) is 7.87. The maximum atomic E-state index is 13.2. The molecular formula is C14H15FN2O. The predicted octanol–water partition coefficient (Wildman–Crippen LogP) is 1.80. The largest absolute Gasteiger partial charge is 0.326 e. The van der Waals surface area contributed by atoms with Gasteiger partial charge in [-0.15, -0.1) is 0 Å². The maximum absolute atomic E-state index is 13.2. The summed E-state index contributed by atoms with van der Waals surface area (Å²) in [5.41, 5.74) is 8.01. The topological polar surface area (TPSA) is 48.0 Å². The number of aromatic nitrogens is 1. The monoisotopic (exact) mass is 246 g/mol. The summed E-state index contributed by atoms with van der Waals surface area (Å²) in [6.07, 6.45) is 1.71. The van der Waals surface area contributed by atoms with Crippen molar-refractivity contribution in [2.75, 3.05) is 0 Å². The van der Waals surface area contributed by atoms with E-state index in [1.54, 1.807) is 22.9 Å². The van der Waals surface area contributed by atoms with Crippen molar-refractivity contribution in [1.82, 2.24) is 4.57 Å². The second-order valence-corrected chi connectivity index (χ2v) is 4.29. The molecular weight excluding hydrogens is 231 g/mol. The van der Waals surface area contributed by atoms with Crippen LogP contribution in [0.5, 0.6) is 0 Å². The van der Waals surface area contributed by atoms with Crippen LogP contribution in [0.1, 0.15) is 16.7 Å². The van der Waals surface area contributed by atoms with Gasteiger partial charge in [-0.25, -0.2) is 4.39 Å². The molecule has 0 spiro atoms. The summed E-state index contributed by atoms with van der Waals surface area (Å²) >= 11 is 0. The molecule has 0 saturated heterocycles. The Balaban J connectivity index is 2.39. The van der Waals surface area contributed by atoms with E-state index in [0.29, 0.717) is 13.1 Å². The highest BCUT2D eigenvalue weighted by Crippen LogP contribution is 2.12. The molecule has 0 aliphatic carbocycles. The lowest BCUT2D eigenvalue weighted by Crippen LogP contribution is -2.20. The van der Waals surface area contributed by atoms with Gasteiger partial charge in [0.25, 0.3) is 5.56 Å². The zero-order valence-electron chi connectivity index (χ0n) is 10.2. The van der Waals surface area contributed by atoms with Gasteiger partial charge in [0.15, 0.2) is 0 Å². The summed E-state index contributed by atoms with van der Waals surface area (Å²) in [6.45, 7) is 2.53. The van der Waals surface area contributed by atoms with Crippen LogP contribution in [0.25, 0.3) is 0 Å². The fourth-order valence-corrected chi connectivity index (χ4v) is 1.86. The summed E-state index contributed by atoms with van der Waals surface area (Å²) in [5, 5.41) is 0. The molecule has 2 rings (SSSR count). The number of benzene rings is 1. The van der Waals surface area contributed by atoms with Gasteiger partial charge in [-0.3, -0.25) is 4.79 Å². The first-order valence-electron chi connectivity index (χ1n) is 5.74. The highest BCUT2D eigenvalue weighted by Gasteiger charge is 2.05. The lowest BCUT2D eigenvalue weighted by Gasteiger charge is -2.10. The summed E-state index contributed by atoms with van der Waals surface area (Å²) < 4.78 is 14.8. The molecule has 2 N–H and O–H groups in total. The van der Waals surface area contributed by atoms with E-state index < -0.39 is 0 Å². The van der Waals surface area contributed by atoms with E-state index in [2.05, 4.69) is 0 Å². The first kappa shape index (κ1) is 12.5. The van der Waals surface area contributed by atoms with Crippen molar-refractivity contribution in [3.63, 3.8) is 0 Å². The van der Waals surface area contributed by atoms with E-state index in [1.807, 2.05) is 13.0 Å². The van der Waals surface area contributed by atoms with Crippen LogP contribution in [0.3, 0.4) is 0 Å². The van der Waals surface area contributed by atoms with Crippen LogP contribution >= 0.6 is 0 Å². The Bertz CT molecular complexity index is 619. The zero-order chi connectivity index (χ0) is 13.1. The first-order valence-corrected chi connectivity index (χ1v) is 5.74. The number of pyridine rings is 1. The Morgan fingerprint density at radius 3 is 2.67 bits per heavy atom.